The molecule has 0 unspecified atom stereocenters. The van der Waals surface area contributed by atoms with Crippen LogP contribution in [0.2, 0.25) is 0 Å². The minimum atomic E-state index is -3.30. The van der Waals surface area contributed by atoms with Crippen LogP contribution >= 0.6 is 0 Å². The molecule has 0 atom stereocenters. The van der Waals surface area contributed by atoms with E-state index in [0.717, 1.165) is 17.5 Å². The highest BCUT2D eigenvalue weighted by atomic mass is 32.2. The molecule has 0 aliphatic carbocycles. The first-order chi connectivity index (χ1) is 11.9. The number of aromatic carboxylic acids is 1. The number of hydrogen-bond donors (Lipinski definition) is 2. The van der Waals surface area contributed by atoms with E-state index in [1.54, 1.807) is 24.3 Å². The predicted octanol–water partition coefficient (Wildman–Crippen LogP) is 3.71. The molecule has 0 bridgehead atoms. The normalized spacial score (nSPS) is 11.2. The monoisotopic (exact) mass is 361 g/mol. The largest absolute Gasteiger partial charge is 0.478 e. The number of hydrogen-bond acceptors (Lipinski definition) is 3. The highest BCUT2D eigenvalue weighted by molar-refractivity contribution is 7.92. The zero-order valence-electron chi connectivity index (χ0n) is 14.2. The molecule has 0 saturated heterocycles. The summed E-state index contributed by atoms with van der Waals surface area (Å²) in [6.45, 7) is 1.95. The molecular weight excluding hydrogens is 338 g/mol. The van der Waals surface area contributed by atoms with Gasteiger partial charge in [0.15, 0.2) is 0 Å². The number of benzene rings is 2. The Hall–Kier alpha value is -2.34. The summed E-state index contributed by atoms with van der Waals surface area (Å²) < 4.78 is 26.4. The van der Waals surface area contributed by atoms with Crippen molar-refractivity contribution in [2.24, 2.45) is 0 Å². The van der Waals surface area contributed by atoms with Gasteiger partial charge in [-0.1, -0.05) is 43.7 Å². The van der Waals surface area contributed by atoms with Crippen molar-refractivity contribution in [3.8, 4) is 0 Å². The van der Waals surface area contributed by atoms with Gasteiger partial charge in [0.1, 0.15) is 0 Å². The Morgan fingerprint density at radius 3 is 2.36 bits per heavy atom. The fourth-order valence-corrected chi connectivity index (χ4v) is 3.80. The van der Waals surface area contributed by atoms with E-state index in [1.807, 2.05) is 31.2 Å². The zero-order chi connectivity index (χ0) is 18.3. The maximum atomic E-state index is 11.9. The molecule has 25 heavy (non-hydrogen) atoms. The SMILES string of the molecule is CCCCS(=O)(=O)Nc1ccc(CCc2ccccc2C(=O)O)cc1. The first-order valence-corrected chi connectivity index (χ1v) is 9.97. The first-order valence-electron chi connectivity index (χ1n) is 8.32. The average Bonchev–Trinajstić information content (AvgIpc) is 2.59. The van der Waals surface area contributed by atoms with Crippen molar-refractivity contribution in [3.63, 3.8) is 0 Å². The van der Waals surface area contributed by atoms with Gasteiger partial charge in [-0.3, -0.25) is 4.72 Å². The van der Waals surface area contributed by atoms with Crippen molar-refractivity contribution >= 4 is 21.7 Å². The predicted molar refractivity (Wildman–Crippen MR) is 99.6 cm³/mol. The van der Waals surface area contributed by atoms with Crippen LogP contribution in [0.1, 0.15) is 41.3 Å². The Kier molecular flexibility index (Phi) is 6.58. The number of carbonyl (C=O) groups is 1. The fourth-order valence-electron chi connectivity index (χ4n) is 2.53. The summed E-state index contributed by atoms with van der Waals surface area (Å²) in [4.78, 5) is 11.2. The average molecular weight is 361 g/mol. The molecule has 0 aliphatic heterocycles. The van der Waals surface area contributed by atoms with Crippen LogP contribution in [0.15, 0.2) is 48.5 Å². The summed E-state index contributed by atoms with van der Waals surface area (Å²) in [5, 5.41) is 9.20. The lowest BCUT2D eigenvalue weighted by atomic mass is 10.00. The molecular formula is C19H23NO4S. The van der Waals surface area contributed by atoms with Gasteiger partial charge >= 0.3 is 5.97 Å². The van der Waals surface area contributed by atoms with Gasteiger partial charge in [-0.15, -0.1) is 0 Å². The topological polar surface area (TPSA) is 83.5 Å². The van der Waals surface area contributed by atoms with E-state index >= 15 is 0 Å². The molecule has 0 saturated carbocycles. The maximum Gasteiger partial charge on any atom is 0.335 e. The highest BCUT2D eigenvalue weighted by Crippen LogP contribution is 2.16. The highest BCUT2D eigenvalue weighted by Gasteiger charge is 2.10. The summed E-state index contributed by atoms with van der Waals surface area (Å²) in [6, 6.07) is 14.2. The van der Waals surface area contributed by atoms with E-state index in [4.69, 9.17) is 0 Å². The lowest BCUT2D eigenvalue weighted by Crippen LogP contribution is -2.16. The van der Waals surface area contributed by atoms with Crippen LogP contribution in [0, 0.1) is 0 Å². The lowest BCUT2D eigenvalue weighted by molar-refractivity contribution is 0.0695. The van der Waals surface area contributed by atoms with E-state index < -0.39 is 16.0 Å². The molecule has 0 spiro atoms. The van der Waals surface area contributed by atoms with Gasteiger partial charge in [-0.25, -0.2) is 13.2 Å². The Morgan fingerprint density at radius 1 is 1.04 bits per heavy atom. The molecule has 0 heterocycles. The van der Waals surface area contributed by atoms with Crippen molar-refractivity contribution in [1.29, 1.82) is 0 Å². The van der Waals surface area contributed by atoms with Crippen LogP contribution in [-0.4, -0.2) is 25.2 Å². The lowest BCUT2D eigenvalue weighted by Gasteiger charge is -2.09. The molecule has 0 amide bonds. The Bertz CT molecular complexity index is 814. The zero-order valence-corrected chi connectivity index (χ0v) is 15.1. The van der Waals surface area contributed by atoms with Crippen molar-refractivity contribution in [1.82, 2.24) is 0 Å². The molecule has 6 heteroatoms. The summed E-state index contributed by atoms with van der Waals surface area (Å²) in [7, 11) is -3.30. The van der Waals surface area contributed by atoms with Gasteiger partial charge < -0.3 is 5.11 Å². The Morgan fingerprint density at radius 2 is 1.72 bits per heavy atom. The number of carboxylic acid groups (broad SMARTS) is 1. The van der Waals surface area contributed by atoms with Crippen LogP contribution in [0.4, 0.5) is 5.69 Å². The van der Waals surface area contributed by atoms with Gasteiger partial charge in [0.05, 0.1) is 11.3 Å². The minimum Gasteiger partial charge on any atom is -0.478 e. The third-order valence-electron chi connectivity index (χ3n) is 3.92. The molecule has 2 rings (SSSR count). The van der Waals surface area contributed by atoms with Crippen LogP contribution in [0.3, 0.4) is 0 Å². The second kappa shape index (κ2) is 8.67. The van der Waals surface area contributed by atoms with Crippen LogP contribution in [0.5, 0.6) is 0 Å². The first kappa shape index (κ1) is 19.0. The molecule has 5 nitrogen and oxygen atoms in total. The van der Waals surface area contributed by atoms with E-state index in [2.05, 4.69) is 4.72 Å². The molecule has 0 aromatic heterocycles. The molecule has 134 valence electrons. The Balaban J connectivity index is 1.98. The smallest absolute Gasteiger partial charge is 0.335 e. The van der Waals surface area contributed by atoms with Crippen LogP contribution in [0.25, 0.3) is 0 Å². The summed E-state index contributed by atoms with van der Waals surface area (Å²) in [5.74, 6) is -0.801. The van der Waals surface area contributed by atoms with Crippen molar-refractivity contribution in [2.75, 3.05) is 10.5 Å². The number of anilines is 1. The number of nitrogens with one attached hydrogen (secondary N) is 1. The van der Waals surface area contributed by atoms with Gasteiger partial charge in [-0.2, -0.15) is 0 Å². The van der Waals surface area contributed by atoms with E-state index in [9.17, 15) is 18.3 Å². The minimum absolute atomic E-state index is 0.122. The second-order valence-electron chi connectivity index (χ2n) is 5.93. The summed E-state index contributed by atoms with van der Waals surface area (Å²) in [5.41, 5.74) is 2.68. The van der Waals surface area contributed by atoms with Crippen molar-refractivity contribution in [2.45, 2.75) is 32.6 Å². The van der Waals surface area contributed by atoms with Crippen molar-refractivity contribution < 1.29 is 18.3 Å². The van der Waals surface area contributed by atoms with Gasteiger partial charge in [0, 0.05) is 5.69 Å². The van der Waals surface area contributed by atoms with E-state index in [0.29, 0.717) is 30.5 Å². The molecule has 2 aromatic carbocycles. The fraction of sp³-hybridized carbons (Fsp3) is 0.316. The molecule has 0 radical (unpaired) electrons. The van der Waals surface area contributed by atoms with Gasteiger partial charge in [-0.05, 0) is 48.6 Å². The Labute approximate surface area is 148 Å². The second-order valence-corrected chi connectivity index (χ2v) is 7.78. The van der Waals surface area contributed by atoms with Crippen LogP contribution in [-0.2, 0) is 22.9 Å². The summed E-state index contributed by atoms with van der Waals surface area (Å²) >= 11 is 0. The summed E-state index contributed by atoms with van der Waals surface area (Å²) in [6.07, 6.45) is 2.77. The van der Waals surface area contributed by atoms with E-state index in [-0.39, 0.29) is 5.75 Å². The number of unbranched alkanes of at least 4 members (excludes halogenated alkanes) is 1. The third-order valence-corrected chi connectivity index (χ3v) is 5.30. The van der Waals surface area contributed by atoms with Crippen LogP contribution < -0.4 is 4.72 Å². The number of rotatable bonds is 9. The molecule has 0 aliphatic rings. The number of carboxylic acids is 1. The van der Waals surface area contributed by atoms with E-state index in [1.165, 1.54) is 0 Å². The van der Waals surface area contributed by atoms with Gasteiger partial charge in [0.25, 0.3) is 0 Å². The third kappa shape index (κ3) is 5.90. The maximum absolute atomic E-state index is 11.9. The number of sulfonamides is 1. The standard InChI is InChI=1S/C19H23NO4S/c1-2-3-14-25(23,24)20-17-12-9-15(10-13-17)8-11-16-6-4-5-7-18(16)19(21)22/h4-7,9-10,12-13,20H,2-3,8,11,14H2,1H3,(H,21,22). The quantitative estimate of drug-likeness (QED) is 0.713. The number of aryl methyl sites for hydroxylation is 2. The van der Waals surface area contributed by atoms with Gasteiger partial charge in [0.2, 0.25) is 10.0 Å². The van der Waals surface area contributed by atoms with Crippen molar-refractivity contribution in [3.05, 3.63) is 65.2 Å². The molecule has 2 N–H and O–H groups in total. The molecule has 0 fully saturated rings. The molecule has 2 aromatic rings.